The molecule has 1 fully saturated rings. The minimum Gasteiger partial charge on any atom is -0.461 e. The van der Waals surface area contributed by atoms with Crippen LogP contribution in [0.5, 0.6) is 0 Å². The zero-order chi connectivity index (χ0) is 18.9. The molecule has 0 N–H and O–H groups in total. The summed E-state index contributed by atoms with van der Waals surface area (Å²) in [5.41, 5.74) is 1.54. The van der Waals surface area contributed by atoms with E-state index < -0.39 is 0 Å². The van der Waals surface area contributed by atoms with E-state index in [0.29, 0.717) is 28.1 Å². The fourth-order valence-corrected chi connectivity index (χ4v) is 4.42. The maximum Gasteiger partial charge on any atom is 0.233 e. The molecular weight excluding hydrogens is 374 g/mol. The van der Waals surface area contributed by atoms with Gasteiger partial charge in [-0.2, -0.15) is 0 Å². The van der Waals surface area contributed by atoms with Crippen LogP contribution in [0.15, 0.2) is 52.2 Å². The molecule has 4 heterocycles. The summed E-state index contributed by atoms with van der Waals surface area (Å²) in [6, 6.07) is 11.5. The molecule has 3 aromatic heterocycles. The molecule has 8 heteroatoms. The smallest absolute Gasteiger partial charge is 0.233 e. The third-order valence-electron chi connectivity index (χ3n) is 4.99. The van der Waals surface area contributed by atoms with Crippen molar-refractivity contribution in [3.63, 3.8) is 0 Å². The largest absolute Gasteiger partial charge is 0.461 e. The maximum atomic E-state index is 12.6. The van der Waals surface area contributed by atoms with Gasteiger partial charge in [-0.3, -0.25) is 9.20 Å². The molecule has 5 rings (SSSR count). The first-order valence-electron chi connectivity index (χ1n) is 9.39. The molecule has 1 aromatic carbocycles. The number of benzene rings is 1. The van der Waals surface area contributed by atoms with E-state index in [2.05, 4.69) is 10.2 Å². The highest BCUT2D eigenvalue weighted by atomic mass is 32.2. The van der Waals surface area contributed by atoms with E-state index in [9.17, 15) is 4.79 Å². The number of likely N-dealkylation sites (tertiary alicyclic amines) is 1. The van der Waals surface area contributed by atoms with Crippen molar-refractivity contribution in [2.45, 2.75) is 24.4 Å². The van der Waals surface area contributed by atoms with E-state index in [1.807, 2.05) is 45.7 Å². The molecule has 4 aromatic rings. The molecular formula is C20H19N5O2S. The normalized spacial score (nSPS) is 14.8. The predicted octanol–water partition coefficient (Wildman–Crippen LogP) is 3.64. The van der Waals surface area contributed by atoms with Crippen LogP contribution in [0.2, 0.25) is 0 Å². The number of thioether (sulfide) groups is 1. The van der Waals surface area contributed by atoms with Crippen LogP contribution in [-0.4, -0.2) is 49.2 Å². The van der Waals surface area contributed by atoms with Gasteiger partial charge in [0.25, 0.3) is 0 Å². The molecule has 7 nitrogen and oxygen atoms in total. The highest BCUT2D eigenvalue weighted by Crippen LogP contribution is 2.29. The predicted molar refractivity (Wildman–Crippen MR) is 107 cm³/mol. The Kier molecular flexibility index (Phi) is 4.48. The van der Waals surface area contributed by atoms with Crippen molar-refractivity contribution in [1.82, 2.24) is 24.5 Å². The van der Waals surface area contributed by atoms with Crippen molar-refractivity contribution in [2.75, 3.05) is 18.8 Å². The fraction of sp³-hybridized carbons (Fsp3) is 0.300. The molecule has 0 saturated carbocycles. The number of carbonyl (C=O) groups is 1. The highest BCUT2D eigenvalue weighted by molar-refractivity contribution is 7.99. The molecule has 28 heavy (non-hydrogen) atoms. The Morgan fingerprint density at radius 2 is 1.93 bits per heavy atom. The number of rotatable bonds is 4. The van der Waals surface area contributed by atoms with Gasteiger partial charge in [0.1, 0.15) is 0 Å². The zero-order valence-electron chi connectivity index (χ0n) is 15.2. The van der Waals surface area contributed by atoms with Crippen molar-refractivity contribution in [2.24, 2.45) is 0 Å². The number of para-hydroxylation sites is 1. The third-order valence-corrected chi connectivity index (χ3v) is 5.91. The molecule has 1 saturated heterocycles. The number of aromatic nitrogens is 4. The van der Waals surface area contributed by atoms with Gasteiger partial charge in [0.15, 0.2) is 22.4 Å². The molecule has 1 aliphatic rings. The molecule has 0 unspecified atom stereocenters. The van der Waals surface area contributed by atoms with E-state index in [0.717, 1.165) is 36.8 Å². The second kappa shape index (κ2) is 7.27. The van der Waals surface area contributed by atoms with E-state index >= 15 is 0 Å². The molecule has 1 aliphatic heterocycles. The van der Waals surface area contributed by atoms with Gasteiger partial charge < -0.3 is 9.32 Å². The number of amides is 1. The average molecular weight is 393 g/mol. The van der Waals surface area contributed by atoms with E-state index in [4.69, 9.17) is 9.40 Å². The molecule has 0 spiro atoms. The van der Waals surface area contributed by atoms with Crippen LogP contribution in [0.1, 0.15) is 19.3 Å². The van der Waals surface area contributed by atoms with Gasteiger partial charge >= 0.3 is 0 Å². The third kappa shape index (κ3) is 3.03. The monoisotopic (exact) mass is 393 g/mol. The fourth-order valence-electron chi connectivity index (χ4n) is 3.59. The van der Waals surface area contributed by atoms with Crippen molar-refractivity contribution in [3.8, 4) is 11.6 Å². The Labute approximate surface area is 165 Å². The standard InChI is InChI=1S/C20H19N5O2S/c26-17(24-10-4-1-5-11-24)13-28-20-23-22-18-14-7-2-3-8-15(14)21-19(25(18)20)16-9-6-12-27-16/h2-3,6-9,12H,1,4-5,10-11,13H2. The lowest BCUT2D eigenvalue weighted by molar-refractivity contribution is -0.129. The summed E-state index contributed by atoms with van der Waals surface area (Å²) >= 11 is 1.39. The van der Waals surface area contributed by atoms with Crippen LogP contribution in [0, 0.1) is 0 Å². The molecule has 0 aliphatic carbocycles. The summed E-state index contributed by atoms with van der Waals surface area (Å²) in [4.78, 5) is 19.3. The van der Waals surface area contributed by atoms with Gasteiger partial charge in [-0.05, 0) is 43.5 Å². The Morgan fingerprint density at radius 1 is 1.07 bits per heavy atom. The van der Waals surface area contributed by atoms with Crippen LogP contribution < -0.4 is 0 Å². The summed E-state index contributed by atoms with van der Waals surface area (Å²) in [5, 5.41) is 10.3. The number of carbonyl (C=O) groups excluding carboxylic acids is 1. The van der Waals surface area contributed by atoms with Crippen LogP contribution >= 0.6 is 11.8 Å². The van der Waals surface area contributed by atoms with Crippen LogP contribution in [0.4, 0.5) is 0 Å². The number of hydrogen-bond acceptors (Lipinski definition) is 6. The lowest BCUT2D eigenvalue weighted by atomic mass is 10.1. The summed E-state index contributed by atoms with van der Waals surface area (Å²) in [6.07, 6.45) is 5.00. The van der Waals surface area contributed by atoms with Gasteiger partial charge in [0, 0.05) is 18.5 Å². The van der Waals surface area contributed by atoms with Crippen LogP contribution in [-0.2, 0) is 4.79 Å². The quantitative estimate of drug-likeness (QED) is 0.493. The Balaban J connectivity index is 1.54. The summed E-state index contributed by atoms with van der Waals surface area (Å²) in [7, 11) is 0. The first-order valence-corrected chi connectivity index (χ1v) is 10.4. The van der Waals surface area contributed by atoms with Gasteiger partial charge in [-0.25, -0.2) is 4.98 Å². The highest BCUT2D eigenvalue weighted by Gasteiger charge is 2.21. The number of fused-ring (bicyclic) bond motifs is 3. The van der Waals surface area contributed by atoms with Gasteiger partial charge in [0.05, 0.1) is 17.5 Å². The number of hydrogen-bond donors (Lipinski definition) is 0. The molecule has 0 radical (unpaired) electrons. The van der Waals surface area contributed by atoms with Crippen LogP contribution in [0.3, 0.4) is 0 Å². The Hall–Kier alpha value is -2.87. The van der Waals surface area contributed by atoms with Crippen molar-refractivity contribution < 1.29 is 9.21 Å². The van der Waals surface area contributed by atoms with E-state index in [-0.39, 0.29) is 5.91 Å². The summed E-state index contributed by atoms with van der Waals surface area (Å²) < 4.78 is 7.48. The molecule has 142 valence electrons. The molecule has 0 atom stereocenters. The summed E-state index contributed by atoms with van der Waals surface area (Å²) in [5.74, 6) is 1.76. The minimum atomic E-state index is 0.148. The van der Waals surface area contributed by atoms with Crippen molar-refractivity contribution >= 4 is 34.2 Å². The van der Waals surface area contributed by atoms with Gasteiger partial charge in [-0.1, -0.05) is 23.9 Å². The molecule has 1 amide bonds. The van der Waals surface area contributed by atoms with E-state index in [1.54, 1.807) is 6.26 Å². The second-order valence-electron chi connectivity index (χ2n) is 6.80. The first kappa shape index (κ1) is 17.2. The maximum absolute atomic E-state index is 12.6. The first-order chi connectivity index (χ1) is 13.8. The van der Waals surface area contributed by atoms with Crippen molar-refractivity contribution in [3.05, 3.63) is 42.7 Å². The summed E-state index contributed by atoms with van der Waals surface area (Å²) in [6.45, 7) is 1.70. The van der Waals surface area contributed by atoms with Crippen LogP contribution in [0.25, 0.3) is 28.1 Å². The number of furan rings is 1. The topological polar surface area (TPSA) is 76.5 Å². The Morgan fingerprint density at radius 3 is 2.75 bits per heavy atom. The van der Waals surface area contributed by atoms with Crippen molar-refractivity contribution in [1.29, 1.82) is 0 Å². The molecule has 0 bridgehead atoms. The lowest BCUT2D eigenvalue weighted by Crippen LogP contribution is -2.36. The van der Waals surface area contributed by atoms with Gasteiger partial charge in [-0.15, -0.1) is 10.2 Å². The van der Waals surface area contributed by atoms with E-state index in [1.165, 1.54) is 18.2 Å². The zero-order valence-corrected chi connectivity index (χ0v) is 16.1. The minimum absolute atomic E-state index is 0.148. The van der Waals surface area contributed by atoms with Gasteiger partial charge in [0.2, 0.25) is 5.91 Å². The SMILES string of the molecule is O=C(CSc1nnc2c3ccccc3nc(-c3ccco3)n12)N1CCCCC1. The Bertz CT molecular complexity index is 1130. The second-order valence-corrected chi connectivity index (χ2v) is 7.74. The lowest BCUT2D eigenvalue weighted by Gasteiger charge is -2.26. The number of piperidine rings is 1. The average Bonchev–Trinajstić information content (AvgIpc) is 3.42. The number of nitrogens with zero attached hydrogens (tertiary/aromatic N) is 5.